The first kappa shape index (κ1) is 17.5. The van der Waals surface area contributed by atoms with Crippen molar-refractivity contribution in [2.75, 3.05) is 13.5 Å². The molecule has 0 saturated carbocycles. The van der Waals surface area contributed by atoms with E-state index in [-0.39, 0.29) is 11.4 Å². The first-order valence-corrected chi connectivity index (χ1v) is 6.69. The maximum absolute atomic E-state index is 12.5. The number of hydrogen-bond acceptors (Lipinski definition) is 8. The van der Waals surface area contributed by atoms with Gasteiger partial charge in [0.2, 0.25) is 0 Å². The smallest absolute Gasteiger partial charge is 0.269 e. The number of nitro groups is 1. The second-order valence-corrected chi connectivity index (χ2v) is 4.81. The first-order valence-electron chi connectivity index (χ1n) is 6.69. The molecule has 1 aliphatic rings. The van der Waals surface area contributed by atoms with Crippen molar-refractivity contribution in [1.29, 1.82) is 0 Å². The molecule has 1 saturated heterocycles. The Morgan fingerprint density at radius 1 is 1.26 bits per heavy atom. The Morgan fingerprint density at radius 3 is 2.43 bits per heavy atom. The summed E-state index contributed by atoms with van der Waals surface area (Å²) in [6.07, 6.45) is -6.75. The highest BCUT2D eigenvalue weighted by molar-refractivity contribution is 5.36. The Bertz CT molecular complexity index is 527. The number of alkyl halides is 1. The maximum atomic E-state index is 12.5. The van der Waals surface area contributed by atoms with Crippen molar-refractivity contribution in [2.24, 2.45) is 0 Å². The molecule has 1 fully saturated rings. The number of halogens is 1. The summed E-state index contributed by atoms with van der Waals surface area (Å²) in [5.74, 6) is 0.137. The summed E-state index contributed by atoms with van der Waals surface area (Å²) in [4.78, 5) is 10.0. The van der Waals surface area contributed by atoms with Crippen molar-refractivity contribution in [3.05, 3.63) is 34.4 Å². The molecule has 0 aromatic heterocycles. The highest BCUT2D eigenvalue weighted by Crippen LogP contribution is 2.27. The van der Waals surface area contributed by atoms with Crippen LogP contribution in [-0.4, -0.2) is 64.4 Å². The summed E-state index contributed by atoms with van der Waals surface area (Å²) in [6, 6.07) is 4.94. The third-order valence-electron chi connectivity index (χ3n) is 3.39. The van der Waals surface area contributed by atoms with E-state index >= 15 is 0 Å². The molecule has 0 radical (unpaired) electrons. The molecule has 0 unspecified atom stereocenters. The highest BCUT2D eigenvalue weighted by atomic mass is 19.1. The van der Waals surface area contributed by atoms with Crippen LogP contribution in [0.3, 0.4) is 0 Å². The van der Waals surface area contributed by atoms with Gasteiger partial charge in [-0.2, -0.15) is 0 Å². The summed E-state index contributed by atoms with van der Waals surface area (Å²) >= 11 is 0. The van der Waals surface area contributed by atoms with E-state index in [1.165, 1.54) is 24.3 Å². The third kappa shape index (κ3) is 3.92. The molecule has 1 aromatic carbocycles. The SMILES string of the molecule is O=[N+]([O-])c1ccc(O[C@H]2[C@@H](O)[C@@H](CO)O[C@@H](O)[C@@H]2OCF)cc1. The van der Waals surface area contributed by atoms with E-state index in [4.69, 9.17) is 14.6 Å². The van der Waals surface area contributed by atoms with Gasteiger partial charge in [0.15, 0.2) is 25.4 Å². The maximum Gasteiger partial charge on any atom is 0.269 e. The van der Waals surface area contributed by atoms with Gasteiger partial charge >= 0.3 is 0 Å². The third-order valence-corrected chi connectivity index (χ3v) is 3.39. The lowest BCUT2D eigenvalue weighted by atomic mass is 9.99. The predicted molar refractivity (Wildman–Crippen MR) is 72.3 cm³/mol. The minimum absolute atomic E-state index is 0.137. The summed E-state index contributed by atoms with van der Waals surface area (Å²) in [5, 5.41) is 39.6. The molecular weight excluding hydrogens is 317 g/mol. The predicted octanol–water partition coefficient (Wildman–Crippen LogP) is -0.275. The number of aliphatic hydroxyl groups is 3. The van der Waals surface area contributed by atoms with E-state index in [0.29, 0.717) is 0 Å². The molecule has 2 rings (SSSR count). The van der Waals surface area contributed by atoms with Crippen molar-refractivity contribution in [3.63, 3.8) is 0 Å². The molecule has 3 N–H and O–H groups in total. The highest BCUT2D eigenvalue weighted by Gasteiger charge is 2.47. The van der Waals surface area contributed by atoms with Crippen LogP contribution in [0.2, 0.25) is 0 Å². The van der Waals surface area contributed by atoms with Crippen LogP contribution in [0.15, 0.2) is 24.3 Å². The van der Waals surface area contributed by atoms with Gasteiger partial charge in [-0.05, 0) is 12.1 Å². The second kappa shape index (κ2) is 7.62. The molecule has 0 amide bonds. The lowest BCUT2D eigenvalue weighted by Gasteiger charge is -2.41. The van der Waals surface area contributed by atoms with E-state index in [0.717, 1.165) is 0 Å². The molecule has 1 aromatic rings. The second-order valence-electron chi connectivity index (χ2n) is 4.81. The number of nitro benzene ring substituents is 1. The number of benzene rings is 1. The van der Waals surface area contributed by atoms with Gasteiger partial charge in [-0.1, -0.05) is 0 Å². The quantitative estimate of drug-likeness (QED) is 0.479. The van der Waals surface area contributed by atoms with Crippen LogP contribution in [0.5, 0.6) is 5.75 Å². The minimum atomic E-state index is -1.62. The Morgan fingerprint density at radius 2 is 1.91 bits per heavy atom. The van der Waals surface area contributed by atoms with Crippen LogP contribution >= 0.6 is 0 Å². The lowest BCUT2D eigenvalue weighted by molar-refractivity contribution is -0.384. The van der Waals surface area contributed by atoms with Crippen molar-refractivity contribution < 1.29 is 38.8 Å². The van der Waals surface area contributed by atoms with Gasteiger partial charge in [0, 0.05) is 12.1 Å². The molecule has 0 spiro atoms. The molecule has 0 bridgehead atoms. The zero-order chi connectivity index (χ0) is 17.0. The number of ether oxygens (including phenoxy) is 3. The zero-order valence-electron chi connectivity index (χ0n) is 11.8. The Hall–Kier alpha value is -1.85. The summed E-state index contributed by atoms with van der Waals surface area (Å²) in [5.41, 5.74) is -0.158. The Balaban J connectivity index is 2.19. The standard InChI is InChI=1S/C13H16FNO8/c14-6-21-12-11(10(17)9(5-16)23-13(12)18)22-8-3-1-7(2-4-8)15(19)20/h1-4,9-13,16-18H,5-6H2/t9-,10+,11+,12-,13-/m1/s1. The van der Waals surface area contributed by atoms with Crippen LogP contribution in [-0.2, 0) is 9.47 Å². The van der Waals surface area contributed by atoms with Gasteiger partial charge in [0.1, 0.15) is 18.0 Å². The monoisotopic (exact) mass is 333 g/mol. The molecule has 10 heteroatoms. The minimum Gasteiger partial charge on any atom is -0.485 e. The Kier molecular flexibility index (Phi) is 5.80. The van der Waals surface area contributed by atoms with Crippen LogP contribution in [0.1, 0.15) is 0 Å². The largest absolute Gasteiger partial charge is 0.485 e. The number of non-ortho nitro benzene ring substituents is 1. The van der Waals surface area contributed by atoms with Crippen LogP contribution in [0.25, 0.3) is 0 Å². The van der Waals surface area contributed by atoms with Crippen LogP contribution < -0.4 is 4.74 Å². The van der Waals surface area contributed by atoms with Crippen molar-refractivity contribution >= 4 is 5.69 Å². The molecule has 23 heavy (non-hydrogen) atoms. The Labute approximate surface area is 130 Å². The van der Waals surface area contributed by atoms with E-state index in [1.54, 1.807) is 0 Å². The van der Waals surface area contributed by atoms with E-state index in [1.807, 2.05) is 0 Å². The number of aliphatic hydroxyl groups excluding tert-OH is 3. The van der Waals surface area contributed by atoms with E-state index < -0.39 is 49.1 Å². The first-order chi connectivity index (χ1) is 11.0. The van der Waals surface area contributed by atoms with Gasteiger partial charge < -0.3 is 29.5 Å². The average Bonchev–Trinajstić information content (AvgIpc) is 2.54. The van der Waals surface area contributed by atoms with E-state index in [2.05, 4.69) is 4.74 Å². The summed E-state index contributed by atoms with van der Waals surface area (Å²) in [6.45, 7) is -1.84. The fourth-order valence-electron chi connectivity index (χ4n) is 2.25. The molecular formula is C13H16FNO8. The van der Waals surface area contributed by atoms with Gasteiger partial charge in [0.05, 0.1) is 11.5 Å². The molecule has 128 valence electrons. The number of rotatable bonds is 6. The fraction of sp³-hybridized carbons (Fsp3) is 0.538. The van der Waals surface area contributed by atoms with Crippen molar-refractivity contribution in [2.45, 2.75) is 30.7 Å². The summed E-state index contributed by atoms with van der Waals surface area (Å²) in [7, 11) is 0. The van der Waals surface area contributed by atoms with Crippen molar-refractivity contribution in [1.82, 2.24) is 0 Å². The molecule has 0 aliphatic carbocycles. The number of hydrogen-bond donors (Lipinski definition) is 3. The topological polar surface area (TPSA) is 132 Å². The fourth-order valence-corrected chi connectivity index (χ4v) is 2.25. The van der Waals surface area contributed by atoms with Gasteiger partial charge in [-0.25, -0.2) is 4.39 Å². The van der Waals surface area contributed by atoms with Crippen LogP contribution in [0, 0.1) is 10.1 Å². The lowest BCUT2D eigenvalue weighted by Crippen LogP contribution is -2.61. The normalized spacial score (nSPS) is 30.9. The molecule has 9 nitrogen and oxygen atoms in total. The average molecular weight is 333 g/mol. The van der Waals surface area contributed by atoms with Gasteiger partial charge in [0.25, 0.3) is 5.69 Å². The van der Waals surface area contributed by atoms with E-state index in [9.17, 15) is 24.7 Å². The zero-order valence-corrected chi connectivity index (χ0v) is 11.8. The molecule has 5 atom stereocenters. The van der Waals surface area contributed by atoms with Crippen molar-refractivity contribution in [3.8, 4) is 5.75 Å². The summed E-state index contributed by atoms with van der Waals surface area (Å²) < 4.78 is 27.5. The number of nitrogens with zero attached hydrogens (tertiary/aromatic N) is 1. The van der Waals surface area contributed by atoms with Crippen LogP contribution in [0.4, 0.5) is 10.1 Å². The molecule has 1 heterocycles. The molecule has 1 aliphatic heterocycles. The van der Waals surface area contributed by atoms with Gasteiger partial charge in [-0.15, -0.1) is 0 Å². The van der Waals surface area contributed by atoms with Gasteiger partial charge in [-0.3, -0.25) is 10.1 Å².